The Kier molecular flexibility index (Phi) is 7.43. The molecule has 0 spiro atoms. The summed E-state index contributed by atoms with van der Waals surface area (Å²) in [5.41, 5.74) is 2.85. The van der Waals surface area contributed by atoms with Crippen LogP contribution in [-0.2, 0) is 12.8 Å². The number of rotatable bonds is 12. The van der Waals surface area contributed by atoms with Crippen LogP contribution < -0.4 is 0 Å². The van der Waals surface area contributed by atoms with E-state index in [0.29, 0.717) is 22.3 Å². The number of unbranched alkanes of at least 4 members (excludes halogenated alkanes) is 3. The van der Waals surface area contributed by atoms with Crippen LogP contribution in [0.4, 0.5) is 0 Å². The molecule has 0 bridgehead atoms. The molecule has 0 heterocycles. The summed E-state index contributed by atoms with van der Waals surface area (Å²) in [4.78, 5) is 0. The lowest BCUT2D eigenvalue weighted by Crippen LogP contribution is -2.08. The highest BCUT2D eigenvalue weighted by Gasteiger charge is 2.35. The van der Waals surface area contributed by atoms with Gasteiger partial charge in [-0.15, -0.1) is 0 Å². The molecule has 26 heavy (non-hydrogen) atoms. The highest BCUT2D eigenvalue weighted by atomic mass is 16.3. The van der Waals surface area contributed by atoms with E-state index in [9.17, 15) is 10.2 Å². The van der Waals surface area contributed by atoms with E-state index in [1.54, 1.807) is 12.1 Å². The van der Waals surface area contributed by atoms with Crippen molar-refractivity contribution in [3.63, 3.8) is 0 Å². The van der Waals surface area contributed by atoms with Gasteiger partial charge in [0.2, 0.25) is 0 Å². The zero-order valence-corrected chi connectivity index (χ0v) is 17.5. The van der Waals surface area contributed by atoms with Crippen LogP contribution in [0, 0.1) is 10.8 Å². The van der Waals surface area contributed by atoms with Crippen molar-refractivity contribution in [1.82, 2.24) is 0 Å². The Labute approximate surface area is 161 Å². The van der Waals surface area contributed by atoms with Crippen LogP contribution in [-0.4, -0.2) is 10.2 Å². The Morgan fingerprint density at radius 2 is 1.42 bits per heavy atom. The molecular formula is C24H40O2. The Bertz CT molecular complexity index is 570. The SMILES string of the molecule is CCC(C)(C)CCCCCc1cc(O)c(CCCCC2(C)CC2)cc1O. The predicted molar refractivity (Wildman–Crippen MR) is 111 cm³/mol. The minimum absolute atomic E-state index is 0.362. The van der Waals surface area contributed by atoms with E-state index in [0.717, 1.165) is 36.8 Å². The Morgan fingerprint density at radius 1 is 0.885 bits per heavy atom. The number of phenols is 2. The van der Waals surface area contributed by atoms with Crippen LogP contribution in [0.2, 0.25) is 0 Å². The highest BCUT2D eigenvalue weighted by Crippen LogP contribution is 2.49. The van der Waals surface area contributed by atoms with Gasteiger partial charge in [-0.3, -0.25) is 0 Å². The van der Waals surface area contributed by atoms with Crippen molar-refractivity contribution in [2.75, 3.05) is 0 Å². The molecule has 0 amide bonds. The summed E-state index contributed by atoms with van der Waals surface area (Å²) in [6.45, 7) is 9.30. The van der Waals surface area contributed by atoms with Crippen molar-refractivity contribution in [2.24, 2.45) is 10.8 Å². The van der Waals surface area contributed by atoms with E-state index in [4.69, 9.17) is 0 Å². The second-order valence-corrected chi connectivity index (χ2v) is 9.71. The number of aromatic hydroxyl groups is 2. The summed E-state index contributed by atoms with van der Waals surface area (Å²) in [6.07, 6.45) is 14.1. The van der Waals surface area contributed by atoms with E-state index in [1.807, 2.05) is 0 Å². The van der Waals surface area contributed by atoms with Crippen molar-refractivity contribution in [1.29, 1.82) is 0 Å². The summed E-state index contributed by atoms with van der Waals surface area (Å²) < 4.78 is 0. The lowest BCUT2D eigenvalue weighted by atomic mass is 9.84. The Morgan fingerprint density at radius 3 is 1.92 bits per heavy atom. The zero-order valence-electron chi connectivity index (χ0n) is 17.5. The molecule has 2 N–H and O–H groups in total. The average molecular weight is 361 g/mol. The van der Waals surface area contributed by atoms with Gasteiger partial charge in [0, 0.05) is 0 Å². The van der Waals surface area contributed by atoms with E-state index in [2.05, 4.69) is 27.7 Å². The Hall–Kier alpha value is -1.18. The molecule has 0 aromatic heterocycles. The first-order valence-corrected chi connectivity index (χ1v) is 10.8. The van der Waals surface area contributed by atoms with Gasteiger partial charge in [-0.1, -0.05) is 53.4 Å². The Balaban J connectivity index is 1.73. The molecule has 0 saturated heterocycles. The lowest BCUT2D eigenvalue weighted by molar-refractivity contribution is 0.308. The minimum atomic E-state index is 0.362. The molecular weight excluding hydrogens is 320 g/mol. The van der Waals surface area contributed by atoms with Gasteiger partial charge in [0.05, 0.1) is 0 Å². The number of hydrogen-bond donors (Lipinski definition) is 2. The van der Waals surface area contributed by atoms with Crippen LogP contribution in [0.25, 0.3) is 0 Å². The topological polar surface area (TPSA) is 40.5 Å². The standard InChI is InChI=1S/C24H40O2/c1-5-23(2,3)13-9-6-7-11-19-17-22(26)20(18-21(19)25)12-8-10-14-24(4)15-16-24/h17-18,25-26H,5-16H2,1-4H3. The quantitative estimate of drug-likeness (QED) is 0.307. The normalized spacial score (nSPS) is 16.0. The number of phenolic OH excluding ortho intramolecular Hbond substituents is 2. The van der Waals surface area contributed by atoms with Gasteiger partial charge in [-0.2, -0.15) is 0 Å². The maximum atomic E-state index is 10.3. The van der Waals surface area contributed by atoms with Crippen molar-refractivity contribution < 1.29 is 10.2 Å². The predicted octanol–water partition coefficient (Wildman–Crippen LogP) is 7.15. The van der Waals surface area contributed by atoms with Gasteiger partial charge in [0.1, 0.15) is 11.5 Å². The van der Waals surface area contributed by atoms with Crippen molar-refractivity contribution in [3.8, 4) is 11.5 Å². The smallest absolute Gasteiger partial charge is 0.119 e. The first-order chi connectivity index (χ1) is 12.2. The molecule has 2 nitrogen and oxygen atoms in total. The summed E-state index contributed by atoms with van der Waals surface area (Å²) in [5.74, 6) is 0.725. The van der Waals surface area contributed by atoms with Gasteiger partial charge in [-0.25, -0.2) is 0 Å². The maximum absolute atomic E-state index is 10.3. The van der Waals surface area contributed by atoms with E-state index < -0.39 is 0 Å². The average Bonchev–Trinajstić information content (AvgIpc) is 3.32. The molecule has 1 aromatic carbocycles. The van der Waals surface area contributed by atoms with Crippen molar-refractivity contribution in [3.05, 3.63) is 23.3 Å². The number of benzene rings is 1. The van der Waals surface area contributed by atoms with E-state index in [-0.39, 0.29) is 0 Å². The van der Waals surface area contributed by atoms with Gasteiger partial charge in [0.25, 0.3) is 0 Å². The highest BCUT2D eigenvalue weighted by molar-refractivity contribution is 5.45. The molecule has 0 radical (unpaired) electrons. The molecule has 1 aromatic rings. The molecule has 2 heteroatoms. The van der Waals surface area contributed by atoms with Gasteiger partial charge >= 0.3 is 0 Å². The van der Waals surface area contributed by atoms with Crippen molar-refractivity contribution >= 4 is 0 Å². The monoisotopic (exact) mass is 360 g/mol. The minimum Gasteiger partial charge on any atom is -0.508 e. The number of hydrogen-bond acceptors (Lipinski definition) is 2. The second-order valence-electron chi connectivity index (χ2n) is 9.71. The van der Waals surface area contributed by atoms with Gasteiger partial charge in [-0.05, 0) is 85.5 Å². The summed E-state index contributed by atoms with van der Waals surface area (Å²) >= 11 is 0. The number of aryl methyl sites for hydroxylation is 2. The summed E-state index contributed by atoms with van der Waals surface area (Å²) in [6, 6.07) is 3.59. The molecule has 1 aliphatic carbocycles. The fourth-order valence-corrected chi connectivity index (χ4v) is 3.67. The fraction of sp³-hybridized carbons (Fsp3) is 0.750. The first kappa shape index (κ1) is 21.1. The molecule has 1 aliphatic rings. The van der Waals surface area contributed by atoms with E-state index in [1.165, 1.54) is 51.4 Å². The van der Waals surface area contributed by atoms with Crippen LogP contribution >= 0.6 is 0 Å². The summed E-state index contributed by atoms with van der Waals surface area (Å²) in [5, 5.41) is 20.6. The lowest BCUT2D eigenvalue weighted by Gasteiger charge is -2.22. The molecule has 2 rings (SSSR count). The third-order valence-electron chi connectivity index (χ3n) is 6.62. The maximum Gasteiger partial charge on any atom is 0.119 e. The zero-order chi connectivity index (χ0) is 19.2. The third-order valence-corrected chi connectivity index (χ3v) is 6.62. The molecule has 1 saturated carbocycles. The van der Waals surface area contributed by atoms with Crippen LogP contribution in [0.5, 0.6) is 11.5 Å². The van der Waals surface area contributed by atoms with Gasteiger partial charge in [0.15, 0.2) is 0 Å². The molecule has 148 valence electrons. The van der Waals surface area contributed by atoms with E-state index >= 15 is 0 Å². The molecule has 1 fully saturated rings. The summed E-state index contributed by atoms with van der Waals surface area (Å²) in [7, 11) is 0. The van der Waals surface area contributed by atoms with Crippen molar-refractivity contribution in [2.45, 2.75) is 105 Å². The van der Waals surface area contributed by atoms with Gasteiger partial charge < -0.3 is 10.2 Å². The van der Waals surface area contributed by atoms with Crippen LogP contribution in [0.15, 0.2) is 12.1 Å². The third kappa shape index (κ3) is 6.85. The first-order valence-electron chi connectivity index (χ1n) is 10.8. The largest absolute Gasteiger partial charge is 0.508 e. The fourth-order valence-electron chi connectivity index (χ4n) is 3.67. The van der Waals surface area contributed by atoms with Crippen LogP contribution in [0.3, 0.4) is 0 Å². The molecule has 0 unspecified atom stereocenters. The molecule has 0 aliphatic heterocycles. The second kappa shape index (κ2) is 9.15. The van der Waals surface area contributed by atoms with Crippen LogP contribution in [0.1, 0.15) is 103 Å². The molecule has 0 atom stereocenters.